The number of aryl methyl sites for hydroxylation is 1. The summed E-state index contributed by atoms with van der Waals surface area (Å²) < 4.78 is 4.91. The molecule has 0 bridgehead atoms. The van der Waals surface area contributed by atoms with Gasteiger partial charge in [-0.2, -0.15) is 4.98 Å². The van der Waals surface area contributed by atoms with E-state index >= 15 is 0 Å². The first-order valence-corrected chi connectivity index (χ1v) is 7.13. The third-order valence-corrected chi connectivity index (χ3v) is 4.36. The van der Waals surface area contributed by atoms with Crippen LogP contribution in [0.4, 0.5) is 10.7 Å². The second-order valence-corrected chi connectivity index (χ2v) is 5.83. The number of thiophene rings is 1. The maximum Gasteiger partial charge on any atom is 0.260 e. The van der Waals surface area contributed by atoms with Crippen LogP contribution in [0.2, 0.25) is 0 Å². The number of primary amides is 1. The summed E-state index contributed by atoms with van der Waals surface area (Å²) >= 11 is 1.29. The first-order valence-electron chi connectivity index (χ1n) is 6.31. The summed E-state index contributed by atoms with van der Waals surface area (Å²) in [4.78, 5) is 15.9. The lowest BCUT2D eigenvalue weighted by Gasteiger charge is -2.04. The Morgan fingerprint density at radius 3 is 2.85 bits per heavy atom. The fourth-order valence-corrected chi connectivity index (χ4v) is 3.18. The van der Waals surface area contributed by atoms with Gasteiger partial charge in [-0.1, -0.05) is 5.16 Å². The van der Waals surface area contributed by atoms with Crippen LogP contribution in [0.25, 0.3) is 0 Å². The smallest absolute Gasteiger partial charge is 0.260 e. The molecule has 7 nitrogen and oxygen atoms in total. The van der Waals surface area contributed by atoms with E-state index in [1.54, 1.807) is 6.92 Å². The fraction of sp³-hybridized carbons (Fsp3) is 0.417. The van der Waals surface area contributed by atoms with Gasteiger partial charge in [0.2, 0.25) is 5.89 Å². The van der Waals surface area contributed by atoms with Gasteiger partial charge in [0.05, 0.1) is 17.2 Å². The molecule has 2 aromatic heterocycles. The van der Waals surface area contributed by atoms with E-state index < -0.39 is 5.91 Å². The predicted octanol–water partition coefficient (Wildman–Crippen LogP) is 1.61. The van der Waals surface area contributed by atoms with Gasteiger partial charge < -0.3 is 21.3 Å². The lowest BCUT2D eigenvalue weighted by atomic mass is 10.1. The number of hydrogen-bond donors (Lipinski definition) is 3. The second-order valence-electron chi connectivity index (χ2n) is 4.81. The van der Waals surface area contributed by atoms with Crippen molar-refractivity contribution in [1.29, 1.82) is 0 Å². The highest BCUT2D eigenvalue weighted by Gasteiger charge is 2.32. The monoisotopic (exact) mass is 293 g/mol. The molecule has 5 N–H and O–H groups in total. The van der Waals surface area contributed by atoms with Crippen LogP contribution in [0.1, 0.15) is 45.7 Å². The summed E-state index contributed by atoms with van der Waals surface area (Å²) in [5, 5.41) is 7.92. The number of rotatable bonds is 5. The molecular weight excluding hydrogens is 278 g/mol. The number of carbonyl (C=O) groups excluding carboxylic acids is 1. The molecule has 1 aliphatic carbocycles. The zero-order valence-corrected chi connectivity index (χ0v) is 11.8. The highest BCUT2D eigenvalue weighted by atomic mass is 32.1. The SMILES string of the molecule is Cc1nc(CNc2sc(C(N)=O)c(N)c2C2CC2)no1. The molecule has 3 rings (SSSR count). The average molecular weight is 293 g/mol. The average Bonchev–Trinajstić information content (AvgIpc) is 3.05. The van der Waals surface area contributed by atoms with Gasteiger partial charge >= 0.3 is 0 Å². The maximum atomic E-state index is 11.4. The van der Waals surface area contributed by atoms with Crippen LogP contribution in [0, 0.1) is 6.92 Å². The van der Waals surface area contributed by atoms with E-state index in [-0.39, 0.29) is 0 Å². The van der Waals surface area contributed by atoms with Crippen LogP contribution in [-0.4, -0.2) is 16.0 Å². The molecule has 0 spiro atoms. The minimum Gasteiger partial charge on any atom is -0.397 e. The van der Waals surface area contributed by atoms with Crippen LogP contribution < -0.4 is 16.8 Å². The maximum absolute atomic E-state index is 11.4. The van der Waals surface area contributed by atoms with Crippen molar-refractivity contribution in [2.75, 3.05) is 11.1 Å². The molecule has 1 fully saturated rings. The molecule has 20 heavy (non-hydrogen) atoms. The predicted molar refractivity (Wildman–Crippen MR) is 75.6 cm³/mol. The standard InChI is InChI=1S/C12H15N5O2S/c1-5-16-7(17-19-5)4-15-12-8(6-2-3-6)9(13)10(20-12)11(14)18/h6,15H,2-4,13H2,1H3,(H2,14,18). The van der Waals surface area contributed by atoms with E-state index in [4.69, 9.17) is 16.0 Å². The Balaban J connectivity index is 1.84. The molecule has 2 aromatic rings. The second kappa shape index (κ2) is 4.78. The van der Waals surface area contributed by atoms with Crippen molar-refractivity contribution in [2.24, 2.45) is 5.73 Å². The first kappa shape index (κ1) is 12.9. The van der Waals surface area contributed by atoms with Crippen molar-refractivity contribution in [3.8, 4) is 0 Å². The number of aromatic nitrogens is 2. The van der Waals surface area contributed by atoms with Crippen molar-refractivity contribution in [3.05, 3.63) is 22.2 Å². The number of carbonyl (C=O) groups is 1. The Kier molecular flexibility index (Phi) is 3.09. The quantitative estimate of drug-likeness (QED) is 0.770. The highest BCUT2D eigenvalue weighted by Crippen LogP contribution is 2.50. The molecule has 1 amide bonds. The number of nitrogens with one attached hydrogen (secondary N) is 1. The molecule has 0 unspecified atom stereocenters. The van der Waals surface area contributed by atoms with E-state index in [9.17, 15) is 4.79 Å². The summed E-state index contributed by atoms with van der Waals surface area (Å²) in [6.45, 7) is 2.16. The molecule has 106 valence electrons. The first-order chi connectivity index (χ1) is 9.56. The van der Waals surface area contributed by atoms with Gasteiger partial charge in [-0.3, -0.25) is 4.79 Å². The van der Waals surface area contributed by atoms with Gasteiger partial charge in [0, 0.05) is 12.5 Å². The Hall–Kier alpha value is -2.09. The molecule has 0 aromatic carbocycles. The third kappa shape index (κ3) is 2.34. The van der Waals surface area contributed by atoms with Crippen molar-refractivity contribution in [1.82, 2.24) is 10.1 Å². The fourth-order valence-electron chi connectivity index (χ4n) is 2.12. The number of nitrogens with zero attached hydrogens (tertiary/aromatic N) is 2. The van der Waals surface area contributed by atoms with Gasteiger partial charge in [-0.25, -0.2) is 0 Å². The Morgan fingerprint density at radius 1 is 1.55 bits per heavy atom. The molecule has 0 atom stereocenters. The van der Waals surface area contributed by atoms with E-state index in [1.165, 1.54) is 11.3 Å². The molecule has 1 aliphatic rings. The minimum atomic E-state index is -0.488. The van der Waals surface area contributed by atoms with Crippen LogP contribution >= 0.6 is 11.3 Å². The van der Waals surface area contributed by atoms with Gasteiger partial charge in [0.1, 0.15) is 4.88 Å². The molecule has 0 saturated heterocycles. The number of nitrogen functional groups attached to an aromatic ring is 1. The number of amides is 1. The van der Waals surface area contributed by atoms with Gasteiger partial charge in [-0.05, 0) is 18.8 Å². The van der Waals surface area contributed by atoms with E-state index in [1.807, 2.05) is 0 Å². The van der Waals surface area contributed by atoms with Crippen LogP contribution in [0.5, 0.6) is 0 Å². The Labute approximate surface area is 119 Å². The lowest BCUT2D eigenvalue weighted by Crippen LogP contribution is -2.11. The largest absolute Gasteiger partial charge is 0.397 e. The minimum absolute atomic E-state index is 0.415. The highest BCUT2D eigenvalue weighted by molar-refractivity contribution is 7.18. The van der Waals surface area contributed by atoms with Crippen LogP contribution in [-0.2, 0) is 6.54 Å². The summed E-state index contributed by atoms with van der Waals surface area (Å²) in [6, 6.07) is 0. The lowest BCUT2D eigenvalue weighted by molar-refractivity contribution is 0.100. The number of hydrogen-bond acceptors (Lipinski definition) is 7. The van der Waals surface area contributed by atoms with Crippen LogP contribution in [0.3, 0.4) is 0 Å². The van der Waals surface area contributed by atoms with Crippen molar-refractivity contribution < 1.29 is 9.32 Å². The molecular formula is C12H15N5O2S. The Morgan fingerprint density at radius 2 is 2.30 bits per heavy atom. The van der Waals surface area contributed by atoms with Gasteiger partial charge in [-0.15, -0.1) is 11.3 Å². The molecule has 0 radical (unpaired) electrons. The summed E-state index contributed by atoms with van der Waals surface area (Å²) in [7, 11) is 0. The topological polar surface area (TPSA) is 120 Å². The zero-order valence-electron chi connectivity index (χ0n) is 11.0. The molecule has 1 saturated carbocycles. The summed E-state index contributed by atoms with van der Waals surface area (Å²) in [6.07, 6.45) is 2.18. The van der Waals surface area contributed by atoms with Crippen molar-refractivity contribution in [2.45, 2.75) is 32.2 Å². The molecule has 2 heterocycles. The number of anilines is 2. The van der Waals surface area contributed by atoms with E-state index in [0.29, 0.717) is 34.7 Å². The molecule has 8 heteroatoms. The third-order valence-electron chi connectivity index (χ3n) is 3.17. The summed E-state index contributed by atoms with van der Waals surface area (Å²) in [5.74, 6) is 1.02. The summed E-state index contributed by atoms with van der Waals surface area (Å²) in [5.41, 5.74) is 12.9. The Bertz CT molecular complexity index is 659. The van der Waals surface area contributed by atoms with Gasteiger partial charge in [0.25, 0.3) is 5.91 Å². The van der Waals surface area contributed by atoms with E-state index in [2.05, 4.69) is 15.5 Å². The number of nitrogens with two attached hydrogens (primary N) is 2. The van der Waals surface area contributed by atoms with Crippen LogP contribution in [0.15, 0.2) is 4.52 Å². The van der Waals surface area contributed by atoms with Gasteiger partial charge in [0.15, 0.2) is 5.82 Å². The van der Waals surface area contributed by atoms with E-state index in [0.717, 1.165) is 23.4 Å². The zero-order chi connectivity index (χ0) is 14.3. The molecule has 0 aliphatic heterocycles. The van der Waals surface area contributed by atoms with Crippen molar-refractivity contribution in [3.63, 3.8) is 0 Å². The van der Waals surface area contributed by atoms with Crippen molar-refractivity contribution >= 4 is 27.9 Å². The normalized spacial score (nSPS) is 14.4.